The number of aromatic nitrogens is 3. The Kier molecular flexibility index (Phi) is 7.44. The van der Waals surface area contributed by atoms with Crippen molar-refractivity contribution in [3.05, 3.63) is 94.5 Å². The fraction of sp³-hybridized carbons (Fsp3) is 0.0833. The smallest absolute Gasteiger partial charge is 0.250 e. The summed E-state index contributed by atoms with van der Waals surface area (Å²) in [5.74, 6) is 0.551. The standard InChI is InChI=1S/C24H19Cl2N5OS/c1-16(17-7-9-19(25)10-8-17)27-28-22(32)15-33-24-30-29-23(18-5-3-2-4-6-18)31(24)21-13-11-20(26)12-14-21/h2-14H,15H2,1H3,(H,28,32)/b27-16-. The van der Waals surface area contributed by atoms with Gasteiger partial charge in [-0.3, -0.25) is 9.36 Å². The number of nitrogens with zero attached hydrogens (tertiary/aromatic N) is 4. The first-order valence-corrected chi connectivity index (χ1v) is 11.7. The lowest BCUT2D eigenvalue weighted by molar-refractivity contribution is -0.118. The van der Waals surface area contributed by atoms with E-state index in [-0.39, 0.29) is 11.7 Å². The molecular formula is C24H19Cl2N5OS. The third-order valence-electron chi connectivity index (χ3n) is 4.69. The number of amides is 1. The number of thioether (sulfide) groups is 1. The lowest BCUT2D eigenvalue weighted by atomic mass is 10.1. The highest BCUT2D eigenvalue weighted by atomic mass is 35.5. The van der Waals surface area contributed by atoms with Gasteiger partial charge in [0, 0.05) is 21.3 Å². The van der Waals surface area contributed by atoms with Crippen LogP contribution in [0.2, 0.25) is 10.0 Å². The molecule has 0 bridgehead atoms. The quantitative estimate of drug-likeness (QED) is 0.197. The van der Waals surface area contributed by atoms with Crippen molar-refractivity contribution in [1.82, 2.24) is 20.2 Å². The van der Waals surface area contributed by atoms with Crippen LogP contribution >= 0.6 is 35.0 Å². The van der Waals surface area contributed by atoms with E-state index in [2.05, 4.69) is 20.7 Å². The van der Waals surface area contributed by atoms with E-state index in [1.807, 2.05) is 66.1 Å². The van der Waals surface area contributed by atoms with Gasteiger partial charge >= 0.3 is 0 Å². The summed E-state index contributed by atoms with van der Waals surface area (Å²) in [7, 11) is 0. The van der Waals surface area contributed by atoms with Gasteiger partial charge in [0.1, 0.15) is 0 Å². The molecule has 9 heteroatoms. The topological polar surface area (TPSA) is 72.2 Å². The maximum Gasteiger partial charge on any atom is 0.250 e. The zero-order valence-corrected chi connectivity index (χ0v) is 19.9. The maximum absolute atomic E-state index is 12.4. The van der Waals surface area contributed by atoms with Gasteiger partial charge in [0.2, 0.25) is 0 Å². The summed E-state index contributed by atoms with van der Waals surface area (Å²) in [6.07, 6.45) is 0. The van der Waals surface area contributed by atoms with Crippen LogP contribution in [0.5, 0.6) is 0 Å². The van der Waals surface area contributed by atoms with Crippen molar-refractivity contribution in [1.29, 1.82) is 0 Å². The predicted molar refractivity (Wildman–Crippen MR) is 134 cm³/mol. The molecule has 1 N–H and O–H groups in total. The number of halogens is 2. The molecule has 0 atom stereocenters. The largest absolute Gasteiger partial charge is 0.272 e. The van der Waals surface area contributed by atoms with E-state index >= 15 is 0 Å². The van der Waals surface area contributed by atoms with Gasteiger partial charge in [0.05, 0.1) is 11.5 Å². The number of nitrogens with one attached hydrogen (secondary N) is 1. The molecule has 6 nitrogen and oxygen atoms in total. The van der Waals surface area contributed by atoms with Crippen LogP contribution in [0.1, 0.15) is 12.5 Å². The molecule has 0 radical (unpaired) electrons. The predicted octanol–water partition coefficient (Wildman–Crippen LogP) is 5.87. The number of hydrogen-bond acceptors (Lipinski definition) is 5. The molecule has 4 rings (SSSR count). The molecular weight excluding hydrogens is 477 g/mol. The van der Waals surface area contributed by atoms with Crippen molar-refractivity contribution in [3.63, 3.8) is 0 Å². The Morgan fingerprint density at radius 2 is 1.58 bits per heavy atom. The van der Waals surface area contributed by atoms with Crippen LogP contribution in [-0.4, -0.2) is 32.1 Å². The second-order valence-corrected chi connectivity index (χ2v) is 8.83. The van der Waals surface area contributed by atoms with Crippen LogP contribution in [0.4, 0.5) is 0 Å². The highest BCUT2D eigenvalue weighted by Crippen LogP contribution is 2.28. The van der Waals surface area contributed by atoms with E-state index in [9.17, 15) is 4.79 Å². The molecule has 0 unspecified atom stereocenters. The van der Waals surface area contributed by atoms with E-state index in [4.69, 9.17) is 23.2 Å². The van der Waals surface area contributed by atoms with Gasteiger partial charge in [-0.1, -0.05) is 77.4 Å². The van der Waals surface area contributed by atoms with Crippen molar-refractivity contribution < 1.29 is 4.79 Å². The van der Waals surface area contributed by atoms with Crippen LogP contribution in [0.25, 0.3) is 17.1 Å². The fourth-order valence-electron chi connectivity index (χ4n) is 3.02. The number of carbonyl (C=O) groups is 1. The van der Waals surface area contributed by atoms with Gasteiger partial charge in [0.15, 0.2) is 11.0 Å². The SMILES string of the molecule is C/C(=N/NC(=O)CSc1nnc(-c2ccccc2)n1-c1ccc(Cl)cc1)c1ccc(Cl)cc1. The van der Waals surface area contributed by atoms with Crippen molar-refractivity contribution >= 4 is 46.6 Å². The van der Waals surface area contributed by atoms with E-state index in [0.717, 1.165) is 16.8 Å². The van der Waals surface area contributed by atoms with Crippen LogP contribution in [-0.2, 0) is 4.79 Å². The number of hydrazone groups is 1. The molecule has 0 aliphatic carbocycles. The lowest BCUT2D eigenvalue weighted by Gasteiger charge is -2.10. The third-order valence-corrected chi connectivity index (χ3v) is 6.13. The highest BCUT2D eigenvalue weighted by Gasteiger charge is 2.17. The molecule has 3 aromatic carbocycles. The Hall–Kier alpha value is -3.13. The van der Waals surface area contributed by atoms with Gasteiger partial charge in [-0.25, -0.2) is 5.43 Å². The molecule has 1 amide bonds. The van der Waals surface area contributed by atoms with Crippen molar-refractivity contribution in [2.75, 3.05) is 5.75 Å². The van der Waals surface area contributed by atoms with Crippen molar-refractivity contribution in [3.8, 4) is 17.1 Å². The number of benzene rings is 3. The summed E-state index contributed by atoms with van der Waals surface area (Å²) >= 11 is 13.3. The molecule has 0 spiro atoms. The second-order valence-electron chi connectivity index (χ2n) is 7.01. The minimum absolute atomic E-state index is 0.123. The average molecular weight is 496 g/mol. The first-order chi connectivity index (χ1) is 16.0. The van der Waals surface area contributed by atoms with E-state index < -0.39 is 0 Å². The Bertz CT molecular complexity index is 1270. The van der Waals surface area contributed by atoms with Crippen molar-refractivity contribution in [2.24, 2.45) is 5.10 Å². The van der Waals surface area contributed by atoms with Gasteiger partial charge in [0.25, 0.3) is 5.91 Å². The van der Waals surface area contributed by atoms with Gasteiger partial charge in [-0.05, 0) is 48.9 Å². The van der Waals surface area contributed by atoms with Crippen LogP contribution in [0.3, 0.4) is 0 Å². The molecule has 33 heavy (non-hydrogen) atoms. The van der Waals surface area contributed by atoms with E-state index in [0.29, 0.717) is 26.7 Å². The monoisotopic (exact) mass is 495 g/mol. The summed E-state index contributed by atoms with van der Waals surface area (Å²) in [5.41, 5.74) is 5.92. The molecule has 0 saturated carbocycles. The van der Waals surface area contributed by atoms with Gasteiger partial charge in [-0.15, -0.1) is 10.2 Å². The minimum atomic E-state index is -0.250. The molecule has 1 aromatic heterocycles. The normalized spacial score (nSPS) is 11.4. The minimum Gasteiger partial charge on any atom is -0.272 e. The first-order valence-electron chi connectivity index (χ1n) is 10.00. The lowest BCUT2D eigenvalue weighted by Crippen LogP contribution is -2.21. The van der Waals surface area contributed by atoms with E-state index in [1.165, 1.54) is 11.8 Å². The summed E-state index contributed by atoms with van der Waals surface area (Å²) in [4.78, 5) is 12.4. The zero-order valence-electron chi connectivity index (χ0n) is 17.6. The number of carbonyl (C=O) groups excluding carboxylic acids is 1. The Labute approximate surface area is 205 Å². The van der Waals surface area contributed by atoms with Crippen LogP contribution in [0.15, 0.2) is 89.1 Å². The molecule has 0 aliphatic heterocycles. The summed E-state index contributed by atoms with van der Waals surface area (Å²) < 4.78 is 1.91. The highest BCUT2D eigenvalue weighted by molar-refractivity contribution is 7.99. The average Bonchev–Trinajstić information content (AvgIpc) is 3.26. The maximum atomic E-state index is 12.4. The van der Waals surface area contributed by atoms with Crippen LogP contribution in [0, 0.1) is 0 Å². The number of rotatable bonds is 7. The molecule has 4 aromatic rings. The summed E-state index contributed by atoms with van der Waals surface area (Å²) in [6.45, 7) is 1.82. The first kappa shape index (κ1) is 23.0. The Morgan fingerprint density at radius 1 is 0.939 bits per heavy atom. The fourth-order valence-corrected chi connectivity index (χ4v) is 4.02. The zero-order chi connectivity index (χ0) is 23.2. The Balaban J connectivity index is 1.51. The number of hydrogen-bond donors (Lipinski definition) is 1. The molecule has 0 saturated heterocycles. The van der Waals surface area contributed by atoms with Gasteiger partial charge in [-0.2, -0.15) is 5.10 Å². The third kappa shape index (κ3) is 5.82. The van der Waals surface area contributed by atoms with E-state index in [1.54, 1.807) is 24.3 Å². The molecule has 166 valence electrons. The molecule has 0 aliphatic rings. The Morgan fingerprint density at radius 3 is 2.24 bits per heavy atom. The molecule has 1 heterocycles. The molecule has 0 fully saturated rings. The second kappa shape index (κ2) is 10.7. The summed E-state index contributed by atoms with van der Waals surface area (Å²) in [5, 5.41) is 14.8. The van der Waals surface area contributed by atoms with Crippen molar-refractivity contribution in [2.45, 2.75) is 12.1 Å². The van der Waals surface area contributed by atoms with Gasteiger partial charge < -0.3 is 0 Å². The van der Waals surface area contributed by atoms with Crippen LogP contribution < -0.4 is 5.43 Å². The summed E-state index contributed by atoms with van der Waals surface area (Å²) in [6, 6.07) is 24.4.